The second-order valence-corrected chi connectivity index (χ2v) is 12.6. The summed E-state index contributed by atoms with van der Waals surface area (Å²) in [6, 6.07) is 16.0. The number of halogens is 1. The van der Waals surface area contributed by atoms with E-state index in [-0.39, 0.29) is 24.5 Å². The summed E-state index contributed by atoms with van der Waals surface area (Å²) in [5, 5.41) is 0.649. The number of fused-ring (bicyclic) bond motifs is 1. The summed E-state index contributed by atoms with van der Waals surface area (Å²) in [5.41, 5.74) is 3.65. The highest BCUT2D eigenvalue weighted by atomic mass is 35.5. The summed E-state index contributed by atoms with van der Waals surface area (Å²) in [7, 11) is 8.10. The van der Waals surface area contributed by atoms with E-state index in [1.807, 2.05) is 73.5 Å². The standard InChI is InChI=1S/C34H43ClN4O3/c1-22(2)42-31-19-29-25(17-30(31)41-6)18-33(40)39(34(29)24-9-11-26(35)12-10-24)28-15-16-32(36-20-28)38(5)21-23-7-13-27(14-8-23)37(3)4/h9-12,15-17,19-20,22-23,27,34H,7-8,13-14,18,21H2,1-6H3/t23-,27-,34-/m0/s1. The van der Waals surface area contributed by atoms with Crippen LogP contribution in [0.25, 0.3) is 0 Å². The van der Waals surface area contributed by atoms with E-state index in [2.05, 4.69) is 30.9 Å². The number of aromatic nitrogens is 1. The van der Waals surface area contributed by atoms with E-state index in [0.717, 1.165) is 34.7 Å². The summed E-state index contributed by atoms with van der Waals surface area (Å²) < 4.78 is 11.8. The van der Waals surface area contributed by atoms with Gasteiger partial charge in [-0.05, 0) is 113 Å². The van der Waals surface area contributed by atoms with Crippen molar-refractivity contribution in [3.8, 4) is 11.5 Å². The van der Waals surface area contributed by atoms with Gasteiger partial charge in [-0.2, -0.15) is 0 Å². The zero-order chi connectivity index (χ0) is 30.0. The van der Waals surface area contributed by atoms with Crippen LogP contribution < -0.4 is 19.3 Å². The second-order valence-electron chi connectivity index (χ2n) is 12.2. The molecule has 5 rings (SSSR count). The maximum absolute atomic E-state index is 13.8. The molecule has 2 heterocycles. The molecule has 0 spiro atoms. The number of ether oxygens (including phenoxy) is 2. The molecule has 1 aromatic heterocycles. The Morgan fingerprint density at radius 1 is 1.00 bits per heavy atom. The van der Waals surface area contributed by atoms with Crippen LogP contribution in [0, 0.1) is 5.92 Å². The Hall–Kier alpha value is -3.29. The molecule has 42 heavy (non-hydrogen) atoms. The number of amides is 1. The zero-order valence-corrected chi connectivity index (χ0v) is 26.4. The summed E-state index contributed by atoms with van der Waals surface area (Å²) in [5.74, 6) is 2.87. The van der Waals surface area contributed by atoms with Crippen LogP contribution in [-0.2, 0) is 11.2 Å². The van der Waals surface area contributed by atoms with E-state index < -0.39 is 0 Å². The first-order valence-corrected chi connectivity index (χ1v) is 15.3. The molecule has 7 nitrogen and oxygen atoms in total. The lowest BCUT2D eigenvalue weighted by Crippen LogP contribution is -2.41. The molecule has 0 N–H and O–H groups in total. The van der Waals surface area contributed by atoms with E-state index >= 15 is 0 Å². The molecule has 1 fully saturated rings. The Labute approximate surface area is 255 Å². The Kier molecular flexibility index (Phi) is 9.28. The maximum atomic E-state index is 13.8. The number of anilines is 2. The molecule has 8 heteroatoms. The number of benzene rings is 2. The summed E-state index contributed by atoms with van der Waals surface area (Å²) in [4.78, 5) is 25.1. The van der Waals surface area contributed by atoms with Crippen molar-refractivity contribution in [1.29, 1.82) is 0 Å². The normalized spacial score (nSPS) is 20.5. The predicted octanol–water partition coefficient (Wildman–Crippen LogP) is 6.77. The van der Waals surface area contributed by atoms with Crippen LogP contribution in [0.4, 0.5) is 11.5 Å². The lowest BCUT2D eigenvalue weighted by Gasteiger charge is -2.38. The van der Waals surface area contributed by atoms with E-state index in [1.54, 1.807) is 7.11 Å². The van der Waals surface area contributed by atoms with Gasteiger partial charge < -0.3 is 19.3 Å². The van der Waals surface area contributed by atoms with Gasteiger partial charge in [0.05, 0.1) is 37.6 Å². The summed E-state index contributed by atoms with van der Waals surface area (Å²) in [6.07, 6.45) is 7.04. The molecular weight excluding hydrogens is 548 g/mol. The molecule has 1 amide bonds. The predicted molar refractivity (Wildman–Crippen MR) is 170 cm³/mol. The average molecular weight is 591 g/mol. The molecule has 0 radical (unpaired) electrons. The van der Waals surface area contributed by atoms with Gasteiger partial charge in [0.1, 0.15) is 5.82 Å². The van der Waals surface area contributed by atoms with Gasteiger partial charge in [-0.25, -0.2) is 4.98 Å². The van der Waals surface area contributed by atoms with E-state index in [0.29, 0.717) is 28.5 Å². The van der Waals surface area contributed by atoms with Crippen LogP contribution in [0.5, 0.6) is 11.5 Å². The van der Waals surface area contributed by atoms with Crippen molar-refractivity contribution in [2.45, 2.75) is 64.1 Å². The third-order valence-corrected chi connectivity index (χ3v) is 8.87. The van der Waals surface area contributed by atoms with Gasteiger partial charge in [0.25, 0.3) is 0 Å². The molecule has 1 aliphatic carbocycles. The van der Waals surface area contributed by atoms with Gasteiger partial charge in [0.15, 0.2) is 11.5 Å². The van der Waals surface area contributed by atoms with Crippen LogP contribution in [-0.4, -0.2) is 62.7 Å². The molecular formula is C34H43ClN4O3. The lowest BCUT2D eigenvalue weighted by atomic mass is 9.85. The van der Waals surface area contributed by atoms with Gasteiger partial charge in [0.2, 0.25) is 5.91 Å². The largest absolute Gasteiger partial charge is 0.493 e. The summed E-state index contributed by atoms with van der Waals surface area (Å²) >= 11 is 6.26. The Bertz CT molecular complexity index is 1370. The number of carbonyl (C=O) groups excluding carboxylic acids is 1. The van der Waals surface area contributed by atoms with Crippen molar-refractivity contribution in [2.24, 2.45) is 5.92 Å². The molecule has 224 valence electrons. The number of methoxy groups -OCH3 is 1. The van der Waals surface area contributed by atoms with E-state index in [1.165, 1.54) is 25.7 Å². The van der Waals surface area contributed by atoms with Gasteiger partial charge in [-0.3, -0.25) is 9.69 Å². The molecule has 1 atom stereocenters. The third kappa shape index (κ3) is 6.52. The van der Waals surface area contributed by atoms with Crippen LogP contribution in [0.1, 0.15) is 62.3 Å². The highest BCUT2D eigenvalue weighted by molar-refractivity contribution is 6.30. The minimum absolute atomic E-state index is 0.00240. The van der Waals surface area contributed by atoms with Crippen molar-refractivity contribution in [3.05, 3.63) is 76.4 Å². The zero-order valence-electron chi connectivity index (χ0n) is 25.6. The fourth-order valence-corrected chi connectivity index (χ4v) is 6.53. The maximum Gasteiger partial charge on any atom is 0.232 e. The van der Waals surface area contributed by atoms with Crippen LogP contribution in [0.15, 0.2) is 54.7 Å². The summed E-state index contributed by atoms with van der Waals surface area (Å²) in [6.45, 7) is 4.96. The lowest BCUT2D eigenvalue weighted by molar-refractivity contribution is -0.118. The minimum atomic E-state index is -0.365. The monoisotopic (exact) mass is 590 g/mol. The van der Waals surface area contributed by atoms with E-state index in [4.69, 9.17) is 26.1 Å². The highest BCUT2D eigenvalue weighted by Gasteiger charge is 2.36. The van der Waals surface area contributed by atoms with Crippen LogP contribution >= 0.6 is 11.6 Å². The van der Waals surface area contributed by atoms with Crippen molar-refractivity contribution < 1.29 is 14.3 Å². The number of hydrogen-bond donors (Lipinski definition) is 0. The van der Waals surface area contributed by atoms with E-state index in [9.17, 15) is 4.79 Å². The Morgan fingerprint density at radius 2 is 1.71 bits per heavy atom. The molecule has 2 aliphatic rings. The number of carbonyl (C=O) groups is 1. The van der Waals surface area contributed by atoms with Gasteiger partial charge in [-0.1, -0.05) is 23.7 Å². The number of pyridine rings is 1. The van der Waals surface area contributed by atoms with Crippen molar-refractivity contribution in [1.82, 2.24) is 9.88 Å². The van der Waals surface area contributed by atoms with Crippen LogP contribution in [0.3, 0.4) is 0 Å². The fourth-order valence-electron chi connectivity index (χ4n) is 6.40. The fraction of sp³-hybridized carbons (Fsp3) is 0.471. The average Bonchev–Trinajstić information content (AvgIpc) is 2.97. The first-order chi connectivity index (χ1) is 20.1. The molecule has 1 saturated carbocycles. The minimum Gasteiger partial charge on any atom is -0.493 e. The van der Waals surface area contributed by atoms with Crippen molar-refractivity contribution in [2.75, 3.05) is 44.6 Å². The molecule has 1 aliphatic heterocycles. The molecule has 0 unspecified atom stereocenters. The molecule has 0 bridgehead atoms. The smallest absolute Gasteiger partial charge is 0.232 e. The van der Waals surface area contributed by atoms with Crippen molar-refractivity contribution >= 4 is 29.0 Å². The Balaban J connectivity index is 1.44. The van der Waals surface area contributed by atoms with Gasteiger partial charge >= 0.3 is 0 Å². The highest BCUT2D eigenvalue weighted by Crippen LogP contribution is 2.44. The third-order valence-electron chi connectivity index (χ3n) is 8.62. The second kappa shape index (κ2) is 12.9. The van der Waals surface area contributed by atoms with Gasteiger partial charge in [-0.15, -0.1) is 0 Å². The van der Waals surface area contributed by atoms with Crippen LogP contribution in [0.2, 0.25) is 5.02 Å². The first kappa shape index (κ1) is 30.2. The van der Waals surface area contributed by atoms with Gasteiger partial charge in [0, 0.05) is 24.7 Å². The SMILES string of the molecule is COc1cc2c(cc1OC(C)C)[C@H](c1ccc(Cl)cc1)N(c1ccc(N(C)C[C@H]3CC[C@H](N(C)C)CC3)nc1)C(=O)C2. The first-order valence-electron chi connectivity index (χ1n) is 14.9. The molecule has 0 saturated heterocycles. The van der Waals surface area contributed by atoms with Crippen molar-refractivity contribution in [3.63, 3.8) is 0 Å². The molecule has 3 aromatic rings. The topological polar surface area (TPSA) is 58.1 Å². The molecule has 2 aromatic carbocycles. The quantitative estimate of drug-likeness (QED) is 0.274. The number of rotatable bonds is 9. The Morgan fingerprint density at radius 3 is 2.31 bits per heavy atom. The number of nitrogens with zero attached hydrogens (tertiary/aromatic N) is 4. The number of hydrogen-bond acceptors (Lipinski definition) is 6.